The molecule has 0 fully saturated rings. The molecule has 4 heterocycles. The van der Waals surface area contributed by atoms with Gasteiger partial charge in [0.1, 0.15) is 17.1 Å². The number of pyridine rings is 2. The molecule has 5 nitrogen and oxygen atoms in total. The Bertz CT molecular complexity index is 1820. The Kier molecular flexibility index (Phi) is 6.78. The molecule has 39 heavy (non-hydrogen) atoms. The van der Waals surface area contributed by atoms with Crippen molar-refractivity contribution in [3.63, 3.8) is 0 Å². The Morgan fingerprint density at radius 1 is 0.513 bits per heavy atom. The summed E-state index contributed by atoms with van der Waals surface area (Å²) in [5, 5.41) is 3.23. The lowest BCUT2D eigenvalue weighted by Crippen LogP contribution is -2.01. The zero-order valence-corrected chi connectivity index (χ0v) is 21.0. The number of hydrogen-bond acceptors (Lipinski definition) is 5. The second-order valence-electron chi connectivity index (χ2n) is 9.00. The first-order valence-electron chi connectivity index (χ1n) is 12.7. The van der Waals surface area contributed by atoms with E-state index in [4.69, 9.17) is 9.15 Å². The van der Waals surface area contributed by atoms with Gasteiger partial charge in [-0.3, -0.25) is 9.97 Å². The smallest absolute Gasteiger partial charge is 0.336 e. The largest absolute Gasteiger partial charge is 0.457 e. The van der Waals surface area contributed by atoms with Crippen LogP contribution in [0.1, 0.15) is 11.1 Å². The monoisotopic (exact) mass is 508 g/mol. The fourth-order valence-corrected chi connectivity index (χ4v) is 4.51. The van der Waals surface area contributed by atoms with Crippen molar-refractivity contribution >= 4 is 32.8 Å². The molecule has 0 N–H and O–H groups in total. The van der Waals surface area contributed by atoms with E-state index in [9.17, 15) is 4.79 Å². The molecule has 0 aliphatic carbocycles. The molecule has 188 valence electrons. The maximum Gasteiger partial charge on any atom is 0.336 e. The van der Waals surface area contributed by atoms with Gasteiger partial charge in [-0.25, -0.2) is 4.79 Å². The van der Waals surface area contributed by atoms with E-state index in [0.717, 1.165) is 45.1 Å². The summed E-state index contributed by atoms with van der Waals surface area (Å²) in [6.07, 6.45) is 4.58. The summed E-state index contributed by atoms with van der Waals surface area (Å²) >= 11 is 0. The first kappa shape index (κ1) is 24.1. The lowest BCUT2D eigenvalue weighted by atomic mass is 10.0. The highest BCUT2D eigenvalue weighted by atomic mass is 16.5. The van der Waals surface area contributed by atoms with Crippen LogP contribution in [0.25, 0.3) is 32.8 Å². The van der Waals surface area contributed by atoms with Gasteiger partial charge in [-0.15, -0.1) is 0 Å². The van der Waals surface area contributed by atoms with Crippen LogP contribution in [-0.4, -0.2) is 9.97 Å². The van der Waals surface area contributed by atoms with Gasteiger partial charge in [-0.2, -0.15) is 0 Å². The third-order valence-electron chi connectivity index (χ3n) is 6.42. The van der Waals surface area contributed by atoms with Crippen molar-refractivity contribution < 1.29 is 9.15 Å². The van der Waals surface area contributed by atoms with E-state index >= 15 is 0 Å². The van der Waals surface area contributed by atoms with Crippen molar-refractivity contribution in [1.29, 1.82) is 0 Å². The Balaban J connectivity index is 0.000000107. The SMILES string of the molecule is O=c1ccc2ccccc2o1.c1ccc2c(c1)Cc1ccccc1O2.c1cnc2c(c1)ccc1cccnc12. The van der Waals surface area contributed by atoms with Crippen LogP contribution in [0.5, 0.6) is 11.5 Å². The lowest BCUT2D eigenvalue weighted by Gasteiger charge is -2.19. The number of nitrogens with zero attached hydrogens (tertiary/aromatic N) is 2. The number of rotatable bonds is 0. The van der Waals surface area contributed by atoms with Crippen LogP contribution in [0.3, 0.4) is 0 Å². The third-order valence-corrected chi connectivity index (χ3v) is 6.42. The van der Waals surface area contributed by atoms with Gasteiger partial charge in [0, 0.05) is 41.0 Å². The molecule has 0 amide bonds. The van der Waals surface area contributed by atoms with Crippen molar-refractivity contribution in [2.45, 2.75) is 6.42 Å². The summed E-state index contributed by atoms with van der Waals surface area (Å²) in [4.78, 5) is 19.4. The van der Waals surface area contributed by atoms with Crippen LogP contribution in [0, 0.1) is 0 Å². The molecule has 0 atom stereocenters. The maximum absolute atomic E-state index is 10.7. The second kappa shape index (κ2) is 11.0. The van der Waals surface area contributed by atoms with Gasteiger partial charge in [0.15, 0.2) is 0 Å². The molecule has 4 aromatic carbocycles. The standard InChI is InChI=1S/C13H10O.C12H8N2.C9H6O2/c1-3-7-12-10(5-1)9-11-6-2-4-8-13(11)14-12;1-3-9-5-6-10-4-2-8-14-12(10)11(9)13-7-1;10-9-6-5-7-3-1-2-4-8(7)11-9/h1-8H,9H2;1-8H;1-6H. The van der Waals surface area contributed by atoms with Crippen molar-refractivity contribution in [2.75, 3.05) is 0 Å². The molecule has 8 rings (SSSR count). The van der Waals surface area contributed by atoms with Gasteiger partial charge in [-0.05, 0) is 47.5 Å². The summed E-state index contributed by atoms with van der Waals surface area (Å²) in [5.41, 5.74) is 4.83. The quantitative estimate of drug-likeness (QED) is 0.154. The number of benzene rings is 4. The van der Waals surface area contributed by atoms with E-state index < -0.39 is 0 Å². The van der Waals surface area contributed by atoms with E-state index in [2.05, 4.69) is 58.5 Å². The molecule has 5 heteroatoms. The van der Waals surface area contributed by atoms with Gasteiger partial charge < -0.3 is 9.15 Å². The zero-order chi connectivity index (χ0) is 26.4. The average Bonchev–Trinajstić information content (AvgIpc) is 3.00. The van der Waals surface area contributed by atoms with E-state index in [0.29, 0.717) is 5.58 Å². The molecule has 7 aromatic rings. The summed E-state index contributed by atoms with van der Waals surface area (Å²) in [7, 11) is 0. The molecule has 0 saturated heterocycles. The second-order valence-corrected chi connectivity index (χ2v) is 9.00. The Morgan fingerprint density at radius 2 is 1.03 bits per heavy atom. The first-order valence-corrected chi connectivity index (χ1v) is 12.7. The molecule has 1 aliphatic rings. The van der Waals surface area contributed by atoms with Gasteiger partial charge in [-0.1, -0.05) is 78.9 Å². The van der Waals surface area contributed by atoms with E-state index in [1.54, 1.807) is 24.5 Å². The highest BCUT2D eigenvalue weighted by molar-refractivity contribution is 6.02. The van der Waals surface area contributed by atoms with E-state index in [1.807, 2.05) is 54.6 Å². The minimum Gasteiger partial charge on any atom is -0.457 e. The summed E-state index contributed by atoms with van der Waals surface area (Å²) < 4.78 is 10.7. The van der Waals surface area contributed by atoms with Gasteiger partial charge >= 0.3 is 5.63 Å². The van der Waals surface area contributed by atoms with Crippen molar-refractivity contribution in [3.8, 4) is 11.5 Å². The molecule has 1 aliphatic heterocycles. The highest BCUT2D eigenvalue weighted by Gasteiger charge is 2.14. The lowest BCUT2D eigenvalue weighted by molar-refractivity contribution is 0.460. The molecule has 0 spiro atoms. The van der Waals surface area contributed by atoms with Crippen LogP contribution in [-0.2, 0) is 6.42 Å². The molecule has 0 radical (unpaired) electrons. The van der Waals surface area contributed by atoms with Gasteiger partial charge in [0.2, 0.25) is 0 Å². The predicted octanol–water partition coefficient (Wildman–Crippen LogP) is 7.96. The van der Waals surface area contributed by atoms with Crippen molar-refractivity contribution in [3.05, 3.63) is 155 Å². The normalized spacial score (nSPS) is 11.3. The van der Waals surface area contributed by atoms with Crippen molar-refractivity contribution in [2.24, 2.45) is 0 Å². The Morgan fingerprint density at radius 3 is 1.67 bits per heavy atom. The van der Waals surface area contributed by atoms with E-state index in [-0.39, 0.29) is 5.63 Å². The maximum atomic E-state index is 10.7. The predicted molar refractivity (Wildman–Crippen MR) is 155 cm³/mol. The van der Waals surface area contributed by atoms with Crippen LogP contribution in [0.2, 0.25) is 0 Å². The zero-order valence-electron chi connectivity index (χ0n) is 21.0. The molecular weight excluding hydrogens is 484 g/mol. The topological polar surface area (TPSA) is 65.2 Å². The van der Waals surface area contributed by atoms with Crippen LogP contribution >= 0.6 is 0 Å². The number of hydrogen-bond donors (Lipinski definition) is 0. The molecule has 0 saturated carbocycles. The molecule has 3 aromatic heterocycles. The van der Waals surface area contributed by atoms with Crippen LogP contribution in [0.15, 0.2) is 143 Å². The van der Waals surface area contributed by atoms with Crippen LogP contribution in [0.4, 0.5) is 0 Å². The number of fused-ring (bicyclic) bond motifs is 6. The van der Waals surface area contributed by atoms with Gasteiger partial charge in [0.25, 0.3) is 0 Å². The van der Waals surface area contributed by atoms with Gasteiger partial charge in [0.05, 0.1) is 11.0 Å². The summed E-state index contributed by atoms with van der Waals surface area (Å²) in [6.45, 7) is 0. The Labute approximate surface area is 225 Å². The minimum absolute atomic E-state index is 0.302. The van der Waals surface area contributed by atoms with Crippen molar-refractivity contribution in [1.82, 2.24) is 9.97 Å². The highest BCUT2D eigenvalue weighted by Crippen LogP contribution is 2.35. The summed E-state index contributed by atoms with van der Waals surface area (Å²) in [6, 6.07) is 39.1. The number of aromatic nitrogens is 2. The minimum atomic E-state index is -0.302. The third kappa shape index (κ3) is 5.38. The molecular formula is C34H24N2O3. The van der Waals surface area contributed by atoms with E-state index in [1.165, 1.54) is 17.2 Å². The van der Waals surface area contributed by atoms with Crippen LogP contribution < -0.4 is 10.4 Å². The summed E-state index contributed by atoms with van der Waals surface area (Å²) in [5.74, 6) is 1.98. The Hall–Kier alpha value is -5.29. The number of para-hydroxylation sites is 3. The fraction of sp³-hybridized carbons (Fsp3) is 0.0294. The molecule has 0 unspecified atom stereocenters. The molecule has 0 bridgehead atoms. The first-order chi connectivity index (χ1) is 19.2. The fourth-order valence-electron chi connectivity index (χ4n) is 4.51. The number of ether oxygens (including phenoxy) is 1. The average molecular weight is 509 g/mol.